The molecule has 0 bridgehead atoms. The molecule has 2 atom stereocenters. The smallest absolute Gasteiger partial charge is 0.191 e. The van der Waals surface area contributed by atoms with E-state index in [2.05, 4.69) is 40.1 Å². The van der Waals surface area contributed by atoms with Crippen molar-refractivity contribution in [3.8, 4) is 0 Å². The van der Waals surface area contributed by atoms with Crippen molar-refractivity contribution in [1.82, 2.24) is 10.6 Å². The summed E-state index contributed by atoms with van der Waals surface area (Å²) in [6, 6.07) is 4.90. The summed E-state index contributed by atoms with van der Waals surface area (Å²) in [7, 11) is 1.83. The van der Waals surface area contributed by atoms with Crippen LogP contribution in [0, 0.1) is 5.92 Å². The molecule has 0 radical (unpaired) electrons. The highest BCUT2D eigenvalue weighted by molar-refractivity contribution is 14.0. The van der Waals surface area contributed by atoms with Gasteiger partial charge in [-0.2, -0.15) is 0 Å². The van der Waals surface area contributed by atoms with Gasteiger partial charge in [-0.1, -0.05) is 13.0 Å². The van der Waals surface area contributed by atoms with Crippen LogP contribution in [-0.2, 0) is 6.42 Å². The van der Waals surface area contributed by atoms with Crippen molar-refractivity contribution in [2.45, 2.75) is 25.8 Å². The number of nitrogens with zero attached hydrogens (tertiary/aromatic N) is 1. The Hall–Kier alpha value is -0.300. The summed E-state index contributed by atoms with van der Waals surface area (Å²) in [6.07, 6.45) is 2.34. The first kappa shape index (κ1) is 14.8. The van der Waals surface area contributed by atoms with Crippen LogP contribution < -0.4 is 10.6 Å². The normalized spacial score (nSPS) is 22.8. The number of hydrogen-bond donors (Lipinski definition) is 2. The Morgan fingerprint density at radius 2 is 2.35 bits per heavy atom. The van der Waals surface area contributed by atoms with Crippen LogP contribution in [0.4, 0.5) is 0 Å². The molecule has 0 aliphatic heterocycles. The summed E-state index contributed by atoms with van der Waals surface area (Å²) in [5.41, 5.74) is 0. The lowest BCUT2D eigenvalue weighted by Crippen LogP contribution is -2.39. The first-order valence-electron chi connectivity index (χ1n) is 5.79. The molecule has 96 valence electrons. The van der Waals surface area contributed by atoms with Gasteiger partial charge in [0.15, 0.2) is 5.96 Å². The minimum atomic E-state index is 0. The first-order valence-corrected chi connectivity index (χ1v) is 6.67. The largest absolute Gasteiger partial charge is 0.356 e. The molecule has 0 aromatic carbocycles. The van der Waals surface area contributed by atoms with Gasteiger partial charge in [0, 0.05) is 24.5 Å². The Morgan fingerprint density at radius 3 is 2.88 bits per heavy atom. The number of guanidine groups is 1. The van der Waals surface area contributed by atoms with E-state index in [0.717, 1.165) is 24.8 Å². The Balaban J connectivity index is 0.00000144. The third-order valence-corrected chi connectivity index (χ3v) is 3.84. The number of rotatable bonds is 4. The molecule has 2 N–H and O–H groups in total. The van der Waals surface area contributed by atoms with Gasteiger partial charge in [0.25, 0.3) is 0 Å². The predicted molar refractivity (Wildman–Crippen MR) is 85.5 cm³/mol. The second-order valence-corrected chi connectivity index (χ2v) is 5.32. The molecule has 1 heterocycles. The summed E-state index contributed by atoms with van der Waals surface area (Å²) in [6.45, 7) is 3.21. The first-order chi connectivity index (χ1) is 7.79. The number of halogens is 1. The average Bonchev–Trinajstić information content (AvgIpc) is 2.79. The van der Waals surface area contributed by atoms with Gasteiger partial charge in [-0.05, 0) is 30.2 Å². The number of aliphatic imine (C=N–C) groups is 1. The maximum absolute atomic E-state index is 4.22. The van der Waals surface area contributed by atoms with Gasteiger partial charge in [0.1, 0.15) is 0 Å². The SMILES string of the molecule is CN=C(NCCc1cccs1)NC1CC1C.I. The molecular weight excluding hydrogens is 345 g/mol. The molecule has 3 nitrogen and oxygen atoms in total. The third kappa shape index (κ3) is 4.83. The number of thiophene rings is 1. The van der Waals surface area contributed by atoms with Crippen molar-refractivity contribution >= 4 is 41.3 Å². The topological polar surface area (TPSA) is 36.4 Å². The zero-order chi connectivity index (χ0) is 11.4. The lowest BCUT2D eigenvalue weighted by molar-refractivity contribution is 0.760. The number of nitrogens with one attached hydrogen (secondary N) is 2. The zero-order valence-corrected chi connectivity index (χ0v) is 13.4. The molecule has 1 saturated carbocycles. The molecule has 17 heavy (non-hydrogen) atoms. The van der Waals surface area contributed by atoms with E-state index >= 15 is 0 Å². The van der Waals surface area contributed by atoms with Gasteiger partial charge in [-0.15, -0.1) is 35.3 Å². The van der Waals surface area contributed by atoms with Crippen LogP contribution in [0.15, 0.2) is 22.5 Å². The Bertz CT molecular complexity index is 351. The van der Waals surface area contributed by atoms with Crippen LogP contribution in [0.2, 0.25) is 0 Å². The summed E-state index contributed by atoms with van der Waals surface area (Å²) in [5.74, 6) is 1.74. The van der Waals surface area contributed by atoms with Crippen LogP contribution in [0.25, 0.3) is 0 Å². The molecule has 0 amide bonds. The highest BCUT2D eigenvalue weighted by Crippen LogP contribution is 2.28. The minimum absolute atomic E-state index is 0. The molecule has 1 aliphatic rings. The van der Waals surface area contributed by atoms with Crippen molar-refractivity contribution in [2.24, 2.45) is 10.9 Å². The van der Waals surface area contributed by atoms with Gasteiger partial charge < -0.3 is 10.6 Å². The van der Waals surface area contributed by atoms with Crippen molar-refractivity contribution in [2.75, 3.05) is 13.6 Å². The molecular formula is C12H20IN3S. The summed E-state index contributed by atoms with van der Waals surface area (Å²) < 4.78 is 0. The summed E-state index contributed by atoms with van der Waals surface area (Å²) >= 11 is 1.81. The molecule has 1 aromatic rings. The molecule has 2 rings (SSSR count). The molecule has 1 aliphatic carbocycles. The fourth-order valence-corrected chi connectivity index (χ4v) is 2.36. The molecule has 0 saturated heterocycles. The molecule has 1 aromatic heterocycles. The van der Waals surface area contributed by atoms with Crippen molar-refractivity contribution in [3.63, 3.8) is 0 Å². The lowest BCUT2D eigenvalue weighted by Gasteiger charge is -2.10. The Kier molecular flexibility index (Phi) is 6.26. The van der Waals surface area contributed by atoms with Gasteiger partial charge in [-0.3, -0.25) is 4.99 Å². The van der Waals surface area contributed by atoms with Crippen LogP contribution in [0.3, 0.4) is 0 Å². The number of hydrogen-bond acceptors (Lipinski definition) is 2. The monoisotopic (exact) mass is 365 g/mol. The van der Waals surface area contributed by atoms with Crippen molar-refractivity contribution in [3.05, 3.63) is 22.4 Å². The molecule has 0 spiro atoms. The molecule has 2 unspecified atom stereocenters. The van der Waals surface area contributed by atoms with Crippen molar-refractivity contribution in [1.29, 1.82) is 0 Å². The minimum Gasteiger partial charge on any atom is -0.356 e. The van der Waals surface area contributed by atoms with E-state index in [-0.39, 0.29) is 24.0 Å². The zero-order valence-electron chi connectivity index (χ0n) is 10.3. The van der Waals surface area contributed by atoms with E-state index in [0.29, 0.717) is 6.04 Å². The second-order valence-electron chi connectivity index (χ2n) is 4.29. The van der Waals surface area contributed by atoms with Gasteiger partial charge in [-0.25, -0.2) is 0 Å². The third-order valence-electron chi connectivity index (χ3n) is 2.90. The highest BCUT2D eigenvalue weighted by atomic mass is 127. The Labute approximate surface area is 124 Å². The van der Waals surface area contributed by atoms with E-state index in [1.807, 2.05) is 18.4 Å². The van der Waals surface area contributed by atoms with Gasteiger partial charge in [0.2, 0.25) is 0 Å². The maximum atomic E-state index is 4.22. The quantitative estimate of drug-likeness (QED) is 0.489. The summed E-state index contributed by atoms with van der Waals surface area (Å²) in [5, 5.41) is 8.88. The highest BCUT2D eigenvalue weighted by Gasteiger charge is 2.33. The van der Waals surface area contributed by atoms with Crippen molar-refractivity contribution < 1.29 is 0 Å². The maximum Gasteiger partial charge on any atom is 0.191 e. The summed E-state index contributed by atoms with van der Waals surface area (Å²) in [4.78, 5) is 5.64. The standard InChI is InChI=1S/C12H19N3S.HI/c1-9-8-11(9)15-12(13-2)14-6-5-10-4-3-7-16-10;/h3-4,7,9,11H,5-6,8H2,1-2H3,(H2,13,14,15);1H. The van der Waals surface area contributed by atoms with Gasteiger partial charge in [0.05, 0.1) is 0 Å². The van der Waals surface area contributed by atoms with Crippen LogP contribution in [0.1, 0.15) is 18.2 Å². The second kappa shape index (κ2) is 7.20. The van der Waals surface area contributed by atoms with E-state index < -0.39 is 0 Å². The van der Waals surface area contributed by atoms with Crippen LogP contribution >= 0.6 is 35.3 Å². The van der Waals surface area contributed by atoms with Crippen LogP contribution in [0.5, 0.6) is 0 Å². The van der Waals surface area contributed by atoms with E-state index in [1.54, 1.807) is 0 Å². The fourth-order valence-electron chi connectivity index (χ4n) is 1.65. The average molecular weight is 365 g/mol. The van der Waals surface area contributed by atoms with E-state index in [9.17, 15) is 0 Å². The molecule has 5 heteroatoms. The Morgan fingerprint density at radius 1 is 1.59 bits per heavy atom. The molecule has 1 fully saturated rings. The lowest BCUT2D eigenvalue weighted by atomic mass is 10.3. The van der Waals surface area contributed by atoms with Gasteiger partial charge >= 0.3 is 0 Å². The van der Waals surface area contributed by atoms with E-state index in [4.69, 9.17) is 0 Å². The van der Waals surface area contributed by atoms with E-state index in [1.165, 1.54) is 11.3 Å². The fraction of sp³-hybridized carbons (Fsp3) is 0.583. The van der Waals surface area contributed by atoms with Crippen LogP contribution in [-0.4, -0.2) is 25.6 Å². The predicted octanol–water partition coefficient (Wildman–Crippen LogP) is 2.48.